The monoisotopic (exact) mass is 293 g/mol. The van der Waals surface area contributed by atoms with Gasteiger partial charge in [-0.25, -0.2) is 4.98 Å². The molecule has 2 rings (SSSR count). The zero-order valence-electron chi connectivity index (χ0n) is 11.9. The minimum absolute atomic E-state index is 0.0413. The molecule has 0 radical (unpaired) electrons. The van der Waals surface area contributed by atoms with Crippen molar-refractivity contribution in [2.75, 3.05) is 32.4 Å². The average molecular weight is 293 g/mol. The predicted octanol–water partition coefficient (Wildman–Crippen LogP) is 0.644. The Hall–Kier alpha value is -2.22. The molecule has 0 atom stereocenters. The number of hydrogen-bond donors (Lipinski definition) is 2. The van der Waals surface area contributed by atoms with Gasteiger partial charge < -0.3 is 16.0 Å². The van der Waals surface area contributed by atoms with Crippen molar-refractivity contribution < 1.29 is 9.72 Å². The number of amides is 1. The van der Waals surface area contributed by atoms with Crippen molar-refractivity contribution >= 4 is 17.4 Å². The number of likely N-dealkylation sites (tertiary alicyclic amines) is 1. The molecule has 0 aromatic carbocycles. The first-order chi connectivity index (χ1) is 9.97. The molecule has 0 unspecified atom stereocenters. The van der Waals surface area contributed by atoms with Gasteiger partial charge in [0.25, 0.3) is 11.6 Å². The molecule has 1 fully saturated rings. The van der Waals surface area contributed by atoms with Crippen LogP contribution >= 0.6 is 0 Å². The van der Waals surface area contributed by atoms with Crippen molar-refractivity contribution in [2.24, 2.45) is 5.92 Å². The molecule has 1 saturated heterocycles. The van der Waals surface area contributed by atoms with Crippen LogP contribution in [0.1, 0.15) is 23.2 Å². The van der Waals surface area contributed by atoms with Gasteiger partial charge in [0, 0.05) is 6.54 Å². The Morgan fingerprint density at radius 1 is 1.57 bits per heavy atom. The fraction of sp³-hybridized carbons (Fsp3) is 0.538. The minimum Gasteiger partial charge on any atom is -0.384 e. The van der Waals surface area contributed by atoms with E-state index < -0.39 is 10.8 Å². The summed E-state index contributed by atoms with van der Waals surface area (Å²) in [6, 6.07) is 1.24. The number of piperidine rings is 1. The summed E-state index contributed by atoms with van der Waals surface area (Å²) in [5.41, 5.74) is 5.13. The summed E-state index contributed by atoms with van der Waals surface area (Å²) >= 11 is 0. The molecule has 1 aliphatic rings. The Bertz CT molecular complexity index is 541. The smallest absolute Gasteiger partial charge is 0.300 e. The largest absolute Gasteiger partial charge is 0.384 e. The molecule has 1 aromatic rings. The zero-order valence-corrected chi connectivity index (χ0v) is 11.9. The van der Waals surface area contributed by atoms with Gasteiger partial charge in [0.15, 0.2) is 0 Å². The van der Waals surface area contributed by atoms with Crippen molar-refractivity contribution in [3.63, 3.8) is 0 Å². The molecule has 0 bridgehead atoms. The number of hydrogen-bond acceptors (Lipinski definition) is 6. The Labute approximate surface area is 122 Å². The van der Waals surface area contributed by atoms with Crippen LogP contribution in [0.4, 0.5) is 11.5 Å². The molecule has 1 aliphatic heterocycles. The van der Waals surface area contributed by atoms with E-state index in [0.717, 1.165) is 32.1 Å². The van der Waals surface area contributed by atoms with Crippen LogP contribution in [0.25, 0.3) is 0 Å². The van der Waals surface area contributed by atoms with Crippen molar-refractivity contribution in [1.29, 1.82) is 0 Å². The average Bonchev–Trinajstić information content (AvgIpc) is 2.46. The minimum atomic E-state index is -0.628. The van der Waals surface area contributed by atoms with Crippen LogP contribution in [0.2, 0.25) is 0 Å². The first-order valence-corrected chi connectivity index (χ1v) is 6.84. The maximum atomic E-state index is 12.1. The third-order valence-corrected chi connectivity index (χ3v) is 3.73. The van der Waals surface area contributed by atoms with E-state index in [1.807, 2.05) is 0 Å². The number of pyridine rings is 1. The molecule has 114 valence electrons. The van der Waals surface area contributed by atoms with Gasteiger partial charge in [-0.3, -0.25) is 14.9 Å². The maximum absolute atomic E-state index is 12.1. The normalized spacial score (nSPS) is 16.6. The molecule has 3 N–H and O–H groups in total. The van der Waals surface area contributed by atoms with E-state index in [1.54, 1.807) is 0 Å². The summed E-state index contributed by atoms with van der Waals surface area (Å²) in [7, 11) is 2.07. The summed E-state index contributed by atoms with van der Waals surface area (Å²) in [5, 5.41) is 13.7. The Balaban J connectivity index is 2.00. The van der Waals surface area contributed by atoms with Gasteiger partial charge in [-0.05, 0) is 45.0 Å². The van der Waals surface area contributed by atoms with E-state index >= 15 is 0 Å². The van der Waals surface area contributed by atoms with Gasteiger partial charge in [0.05, 0.1) is 4.92 Å². The summed E-state index contributed by atoms with van der Waals surface area (Å²) < 4.78 is 0. The number of carbonyl (C=O) groups excluding carboxylic acids is 1. The van der Waals surface area contributed by atoms with Crippen LogP contribution < -0.4 is 11.1 Å². The van der Waals surface area contributed by atoms with Gasteiger partial charge >= 0.3 is 0 Å². The van der Waals surface area contributed by atoms with Crippen molar-refractivity contribution in [1.82, 2.24) is 15.2 Å². The van der Waals surface area contributed by atoms with Crippen LogP contribution in [0.15, 0.2) is 12.3 Å². The van der Waals surface area contributed by atoms with Crippen molar-refractivity contribution in [3.8, 4) is 0 Å². The SMILES string of the molecule is CN1CCC(CNC(=O)c2cc(N)ncc2[N+](=O)[O-])CC1. The molecular weight excluding hydrogens is 274 g/mol. The molecule has 0 saturated carbocycles. The third-order valence-electron chi connectivity index (χ3n) is 3.73. The lowest BCUT2D eigenvalue weighted by atomic mass is 9.97. The van der Waals surface area contributed by atoms with Gasteiger partial charge in [0.2, 0.25) is 0 Å². The highest BCUT2D eigenvalue weighted by Gasteiger charge is 2.23. The number of nitrogens with one attached hydrogen (secondary N) is 1. The van der Waals surface area contributed by atoms with Crippen LogP contribution in [-0.4, -0.2) is 47.4 Å². The van der Waals surface area contributed by atoms with Crippen LogP contribution in [0.5, 0.6) is 0 Å². The lowest BCUT2D eigenvalue weighted by molar-refractivity contribution is -0.385. The molecule has 8 nitrogen and oxygen atoms in total. The Kier molecular flexibility index (Phi) is 4.69. The number of aromatic nitrogens is 1. The third kappa shape index (κ3) is 3.88. The number of carbonyl (C=O) groups is 1. The van der Waals surface area contributed by atoms with Gasteiger partial charge in [0.1, 0.15) is 17.6 Å². The van der Waals surface area contributed by atoms with E-state index in [4.69, 9.17) is 5.73 Å². The summed E-state index contributed by atoms with van der Waals surface area (Å²) in [5.74, 6) is 0.0168. The molecule has 2 heterocycles. The highest BCUT2D eigenvalue weighted by Crippen LogP contribution is 2.20. The number of nitro groups is 1. The zero-order chi connectivity index (χ0) is 15.4. The molecule has 0 spiro atoms. The molecule has 0 aliphatic carbocycles. The van der Waals surface area contributed by atoms with E-state index in [2.05, 4.69) is 22.2 Å². The second kappa shape index (κ2) is 6.49. The van der Waals surface area contributed by atoms with Crippen molar-refractivity contribution in [3.05, 3.63) is 27.9 Å². The molecule has 1 aromatic heterocycles. The summed E-state index contributed by atoms with van der Waals surface area (Å²) in [4.78, 5) is 28.3. The van der Waals surface area contributed by atoms with Gasteiger partial charge in [-0.1, -0.05) is 0 Å². The lowest BCUT2D eigenvalue weighted by Crippen LogP contribution is -2.37. The number of rotatable bonds is 4. The predicted molar refractivity (Wildman–Crippen MR) is 77.9 cm³/mol. The van der Waals surface area contributed by atoms with Crippen LogP contribution in [0, 0.1) is 16.0 Å². The maximum Gasteiger partial charge on any atom is 0.300 e. The first-order valence-electron chi connectivity index (χ1n) is 6.84. The van der Waals surface area contributed by atoms with Gasteiger partial charge in [-0.2, -0.15) is 0 Å². The van der Waals surface area contributed by atoms with Crippen molar-refractivity contribution in [2.45, 2.75) is 12.8 Å². The fourth-order valence-electron chi connectivity index (χ4n) is 2.39. The Morgan fingerprint density at radius 3 is 2.86 bits per heavy atom. The van der Waals surface area contributed by atoms with Crippen LogP contribution in [-0.2, 0) is 0 Å². The molecule has 1 amide bonds. The van der Waals surface area contributed by atoms with Gasteiger partial charge in [-0.15, -0.1) is 0 Å². The lowest BCUT2D eigenvalue weighted by Gasteiger charge is -2.28. The highest BCUT2D eigenvalue weighted by atomic mass is 16.6. The molecule has 8 heteroatoms. The number of anilines is 1. The van der Waals surface area contributed by atoms with Crippen LogP contribution in [0.3, 0.4) is 0 Å². The number of nitrogen functional groups attached to an aromatic ring is 1. The second-order valence-corrected chi connectivity index (χ2v) is 5.34. The summed E-state index contributed by atoms with van der Waals surface area (Å²) in [6.07, 6.45) is 3.04. The van der Waals surface area contributed by atoms with E-state index in [-0.39, 0.29) is 17.1 Å². The molecule has 21 heavy (non-hydrogen) atoms. The van der Waals surface area contributed by atoms with E-state index in [9.17, 15) is 14.9 Å². The van der Waals surface area contributed by atoms with E-state index in [1.165, 1.54) is 6.07 Å². The van der Waals surface area contributed by atoms with E-state index in [0.29, 0.717) is 12.5 Å². The summed E-state index contributed by atoms with van der Waals surface area (Å²) in [6.45, 7) is 2.53. The topological polar surface area (TPSA) is 114 Å². The first kappa shape index (κ1) is 15.2. The Morgan fingerprint density at radius 2 is 2.24 bits per heavy atom. The fourth-order valence-corrected chi connectivity index (χ4v) is 2.39. The highest BCUT2D eigenvalue weighted by molar-refractivity contribution is 5.98. The second-order valence-electron chi connectivity index (χ2n) is 5.34. The standard InChI is InChI=1S/C13H19N5O3/c1-17-4-2-9(3-5-17)7-16-13(19)10-6-12(14)15-8-11(10)18(20)21/h6,8-9H,2-5,7H2,1H3,(H2,14,15)(H,16,19). The molecular formula is C13H19N5O3. The number of nitrogens with zero attached hydrogens (tertiary/aromatic N) is 3. The number of nitrogens with two attached hydrogens (primary N) is 1. The quantitative estimate of drug-likeness (QED) is 0.622.